The Morgan fingerprint density at radius 3 is 2.27 bits per heavy atom. The fourth-order valence-corrected chi connectivity index (χ4v) is 3.70. The van der Waals surface area contributed by atoms with Crippen molar-refractivity contribution >= 4 is 5.97 Å². The van der Waals surface area contributed by atoms with Gasteiger partial charge in [0, 0.05) is 5.41 Å². The summed E-state index contributed by atoms with van der Waals surface area (Å²) >= 11 is 0. The molecule has 2 nitrogen and oxygen atoms in total. The van der Waals surface area contributed by atoms with Crippen molar-refractivity contribution in [3.8, 4) is 0 Å². The van der Waals surface area contributed by atoms with Crippen molar-refractivity contribution in [2.24, 2.45) is 10.8 Å². The van der Waals surface area contributed by atoms with Crippen LogP contribution in [-0.2, 0) is 28.0 Å². The molecule has 0 aromatic heterocycles. The minimum Gasteiger partial charge on any atom is -0.453 e. The Bertz CT molecular complexity index is 812. The van der Waals surface area contributed by atoms with Crippen LogP contribution in [0.5, 0.6) is 0 Å². The number of hydrogen-bond acceptors (Lipinski definition) is 2. The van der Waals surface area contributed by atoms with E-state index < -0.39 is 11.0 Å². The zero-order valence-electron chi connectivity index (χ0n) is 16.8. The summed E-state index contributed by atoms with van der Waals surface area (Å²) < 4.78 is 6.17. The van der Waals surface area contributed by atoms with Crippen LogP contribution in [0.1, 0.15) is 63.8 Å². The van der Waals surface area contributed by atoms with Gasteiger partial charge in [0.25, 0.3) is 0 Å². The molecular formula is C24H30O2. The summed E-state index contributed by atoms with van der Waals surface area (Å²) in [6.45, 7) is 12.2. The van der Waals surface area contributed by atoms with E-state index in [1.165, 1.54) is 16.7 Å². The van der Waals surface area contributed by atoms with E-state index in [-0.39, 0.29) is 11.4 Å². The number of carbonyl (C=O) groups is 1. The van der Waals surface area contributed by atoms with Crippen molar-refractivity contribution in [3.63, 3.8) is 0 Å². The van der Waals surface area contributed by atoms with E-state index in [1.807, 2.05) is 26.8 Å². The lowest BCUT2D eigenvalue weighted by atomic mass is 9.76. The number of hydrogen-bond donors (Lipinski definition) is 0. The Kier molecular flexibility index (Phi) is 4.50. The van der Waals surface area contributed by atoms with E-state index in [1.54, 1.807) is 0 Å². The van der Waals surface area contributed by atoms with E-state index in [2.05, 4.69) is 63.2 Å². The monoisotopic (exact) mass is 350 g/mol. The standard InChI is InChI=1S/C24H30O2/c1-22(2,3)21(25)26-24(6)20-15-18(14-17-10-8-7-9-11-17)12-13-19(20)16-23(24,4)5/h7-13,15H,14,16H2,1-6H3. The van der Waals surface area contributed by atoms with Gasteiger partial charge in [-0.25, -0.2) is 0 Å². The predicted octanol–water partition coefficient (Wildman–Crippen LogP) is 5.66. The molecule has 0 fully saturated rings. The van der Waals surface area contributed by atoms with Gasteiger partial charge in [0.05, 0.1) is 5.41 Å². The Labute approximate surface area is 157 Å². The topological polar surface area (TPSA) is 26.3 Å². The van der Waals surface area contributed by atoms with Crippen LogP contribution in [0.3, 0.4) is 0 Å². The molecule has 0 saturated heterocycles. The average Bonchev–Trinajstić information content (AvgIpc) is 2.74. The van der Waals surface area contributed by atoms with Gasteiger partial charge in [-0.05, 0) is 62.8 Å². The molecule has 0 aliphatic heterocycles. The maximum Gasteiger partial charge on any atom is 0.312 e. The number of benzene rings is 2. The van der Waals surface area contributed by atoms with Crippen LogP contribution in [-0.4, -0.2) is 5.97 Å². The maximum absolute atomic E-state index is 12.7. The van der Waals surface area contributed by atoms with Crippen molar-refractivity contribution < 1.29 is 9.53 Å². The molecule has 2 heteroatoms. The van der Waals surface area contributed by atoms with Gasteiger partial charge in [-0.3, -0.25) is 4.79 Å². The predicted molar refractivity (Wildman–Crippen MR) is 106 cm³/mol. The first-order valence-corrected chi connectivity index (χ1v) is 9.43. The molecule has 0 saturated carbocycles. The molecule has 0 spiro atoms. The fraction of sp³-hybridized carbons (Fsp3) is 0.458. The Morgan fingerprint density at radius 2 is 1.65 bits per heavy atom. The smallest absolute Gasteiger partial charge is 0.312 e. The molecule has 26 heavy (non-hydrogen) atoms. The summed E-state index contributed by atoms with van der Waals surface area (Å²) in [5, 5.41) is 0. The number of esters is 1. The Hall–Kier alpha value is -2.09. The van der Waals surface area contributed by atoms with Gasteiger partial charge in [0.15, 0.2) is 0 Å². The second-order valence-electron chi connectivity index (χ2n) is 9.39. The van der Waals surface area contributed by atoms with E-state index in [0.717, 1.165) is 18.4 Å². The van der Waals surface area contributed by atoms with Crippen molar-refractivity contribution in [2.75, 3.05) is 0 Å². The molecule has 1 aliphatic carbocycles. The first-order valence-electron chi connectivity index (χ1n) is 9.43. The third-order valence-electron chi connectivity index (χ3n) is 5.77. The van der Waals surface area contributed by atoms with Crippen LogP contribution in [0.4, 0.5) is 0 Å². The number of ether oxygens (including phenoxy) is 1. The zero-order valence-corrected chi connectivity index (χ0v) is 16.8. The van der Waals surface area contributed by atoms with E-state index in [4.69, 9.17) is 4.74 Å². The summed E-state index contributed by atoms with van der Waals surface area (Å²) in [6.07, 6.45) is 1.81. The summed E-state index contributed by atoms with van der Waals surface area (Å²) in [6, 6.07) is 17.1. The molecule has 2 aromatic rings. The summed E-state index contributed by atoms with van der Waals surface area (Å²) in [5.41, 5.74) is 3.73. The fourth-order valence-electron chi connectivity index (χ4n) is 3.70. The lowest BCUT2D eigenvalue weighted by Gasteiger charge is -2.40. The summed E-state index contributed by atoms with van der Waals surface area (Å²) in [5.74, 6) is -0.144. The minimum absolute atomic E-state index is 0.137. The van der Waals surface area contributed by atoms with Crippen molar-refractivity contribution in [2.45, 2.75) is 60.0 Å². The first-order chi connectivity index (χ1) is 12.0. The lowest BCUT2D eigenvalue weighted by molar-refractivity contribution is -0.181. The van der Waals surface area contributed by atoms with Gasteiger partial charge in [0.2, 0.25) is 0 Å². The maximum atomic E-state index is 12.7. The van der Waals surface area contributed by atoms with Crippen LogP contribution < -0.4 is 0 Å². The minimum atomic E-state index is -0.612. The van der Waals surface area contributed by atoms with E-state index in [0.29, 0.717) is 0 Å². The second-order valence-corrected chi connectivity index (χ2v) is 9.39. The summed E-state index contributed by atoms with van der Waals surface area (Å²) in [4.78, 5) is 12.7. The molecule has 3 rings (SSSR count). The zero-order chi connectivity index (χ0) is 19.2. The van der Waals surface area contributed by atoms with Gasteiger partial charge in [-0.15, -0.1) is 0 Å². The first kappa shape index (κ1) is 18.7. The molecule has 1 atom stereocenters. The van der Waals surface area contributed by atoms with Gasteiger partial charge in [0.1, 0.15) is 5.60 Å². The normalized spacial score (nSPS) is 21.3. The lowest BCUT2D eigenvalue weighted by Crippen LogP contribution is -2.42. The van der Waals surface area contributed by atoms with Crippen LogP contribution in [0.15, 0.2) is 48.5 Å². The van der Waals surface area contributed by atoms with Gasteiger partial charge in [-0.1, -0.05) is 62.4 Å². The SMILES string of the molecule is CC(C)(C)C(=O)OC1(C)c2cc(Cc3ccccc3)ccc2CC1(C)C. The van der Waals surface area contributed by atoms with Gasteiger partial charge < -0.3 is 4.74 Å². The number of rotatable bonds is 3. The highest BCUT2D eigenvalue weighted by Crippen LogP contribution is 2.53. The molecule has 2 aromatic carbocycles. The Balaban J connectivity index is 1.98. The molecule has 0 bridgehead atoms. The molecule has 0 heterocycles. The molecule has 1 unspecified atom stereocenters. The molecule has 0 radical (unpaired) electrons. The summed E-state index contributed by atoms with van der Waals surface area (Å²) in [7, 11) is 0. The van der Waals surface area contributed by atoms with Crippen molar-refractivity contribution in [1.82, 2.24) is 0 Å². The second kappa shape index (κ2) is 6.26. The Morgan fingerprint density at radius 1 is 1.00 bits per heavy atom. The van der Waals surface area contributed by atoms with Crippen LogP contribution in [0.2, 0.25) is 0 Å². The highest BCUT2D eigenvalue weighted by atomic mass is 16.6. The highest BCUT2D eigenvalue weighted by Gasteiger charge is 2.53. The molecule has 138 valence electrons. The molecular weight excluding hydrogens is 320 g/mol. The molecule has 1 aliphatic rings. The van der Waals surface area contributed by atoms with Crippen molar-refractivity contribution in [1.29, 1.82) is 0 Å². The number of fused-ring (bicyclic) bond motifs is 1. The van der Waals surface area contributed by atoms with Gasteiger partial charge >= 0.3 is 5.97 Å². The van der Waals surface area contributed by atoms with E-state index in [9.17, 15) is 4.79 Å². The van der Waals surface area contributed by atoms with Crippen molar-refractivity contribution in [3.05, 3.63) is 70.8 Å². The quantitative estimate of drug-likeness (QED) is 0.667. The van der Waals surface area contributed by atoms with Crippen LogP contribution in [0.25, 0.3) is 0 Å². The number of carbonyl (C=O) groups excluding carboxylic acids is 1. The van der Waals surface area contributed by atoms with Crippen LogP contribution >= 0.6 is 0 Å². The van der Waals surface area contributed by atoms with E-state index >= 15 is 0 Å². The third-order valence-corrected chi connectivity index (χ3v) is 5.77. The van der Waals surface area contributed by atoms with Crippen LogP contribution in [0, 0.1) is 10.8 Å². The third kappa shape index (κ3) is 3.30. The van der Waals surface area contributed by atoms with Gasteiger partial charge in [-0.2, -0.15) is 0 Å². The molecule has 0 amide bonds. The molecule has 0 N–H and O–H groups in total. The largest absolute Gasteiger partial charge is 0.453 e. The highest BCUT2D eigenvalue weighted by molar-refractivity contribution is 5.76. The average molecular weight is 351 g/mol.